The summed E-state index contributed by atoms with van der Waals surface area (Å²) in [6, 6.07) is 10.8. The number of rotatable bonds is 7. The van der Waals surface area contributed by atoms with Gasteiger partial charge >= 0.3 is 0 Å². The lowest BCUT2D eigenvalue weighted by Crippen LogP contribution is -2.33. The molecule has 0 atom stereocenters. The predicted octanol–water partition coefficient (Wildman–Crippen LogP) is 2.08. The number of hydrogen-bond acceptors (Lipinski definition) is 5. The fraction of sp³-hybridized carbons (Fsp3) is 0.200. The van der Waals surface area contributed by atoms with E-state index in [0.29, 0.717) is 19.5 Å². The molecule has 0 bridgehead atoms. The maximum Gasteiger partial charge on any atom is 0.260 e. The molecule has 0 aliphatic heterocycles. The van der Waals surface area contributed by atoms with Crippen LogP contribution in [0.4, 0.5) is 0 Å². The molecule has 8 heteroatoms. The first-order valence-corrected chi connectivity index (χ1v) is 9.66. The first kappa shape index (κ1) is 19.5. The van der Waals surface area contributed by atoms with Crippen molar-refractivity contribution in [2.75, 3.05) is 13.6 Å². The van der Waals surface area contributed by atoms with Crippen LogP contribution in [-0.2, 0) is 13.0 Å². The average Bonchev–Trinajstić information content (AvgIpc) is 3.22. The van der Waals surface area contributed by atoms with Gasteiger partial charge in [-0.3, -0.25) is 14.4 Å². The van der Waals surface area contributed by atoms with Crippen LogP contribution in [0.1, 0.15) is 32.0 Å². The number of thiazole rings is 1. The Morgan fingerprint density at radius 2 is 2.04 bits per heavy atom. The van der Waals surface area contributed by atoms with E-state index < -0.39 is 11.5 Å². The first-order valence-electron chi connectivity index (χ1n) is 8.72. The van der Waals surface area contributed by atoms with Crippen molar-refractivity contribution in [1.82, 2.24) is 20.2 Å². The summed E-state index contributed by atoms with van der Waals surface area (Å²) in [6.07, 6.45) is 1.93. The van der Waals surface area contributed by atoms with Crippen molar-refractivity contribution < 1.29 is 9.59 Å². The van der Waals surface area contributed by atoms with Crippen molar-refractivity contribution in [1.29, 1.82) is 0 Å². The van der Waals surface area contributed by atoms with Crippen molar-refractivity contribution in [3.63, 3.8) is 0 Å². The van der Waals surface area contributed by atoms with Gasteiger partial charge in [-0.05, 0) is 11.6 Å². The highest BCUT2D eigenvalue weighted by atomic mass is 32.1. The van der Waals surface area contributed by atoms with Gasteiger partial charge in [0.2, 0.25) is 0 Å². The van der Waals surface area contributed by atoms with E-state index in [-0.39, 0.29) is 17.0 Å². The number of carbonyl (C=O) groups excluding carboxylic acids is 2. The van der Waals surface area contributed by atoms with Gasteiger partial charge in [-0.2, -0.15) is 0 Å². The van der Waals surface area contributed by atoms with Crippen molar-refractivity contribution in [3.05, 3.63) is 86.2 Å². The van der Waals surface area contributed by atoms with Gasteiger partial charge in [-0.15, -0.1) is 11.3 Å². The van der Waals surface area contributed by atoms with Gasteiger partial charge in [0.15, 0.2) is 0 Å². The summed E-state index contributed by atoms with van der Waals surface area (Å²) >= 11 is 1.50. The Hall–Kier alpha value is -3.26. The summed E-state index contributed by atoms with van der Waals surface area (Å²) < 4.78 is 0. The van der Waals surface area contributed by atoms with Crippen LogP contribution in [0.5, 0.6) is 0 Å². The predicted molar refractivity (Wildman–Crippen MR) is 107 cm³/mol. The molecule has 0 aliphatic rings. The Labute approximate surface area is 166 Å². The van der Waals surface area contributed by atoms with Crippen LogP contribution in [0, 0.1) is 0 Å². The summed E-state index contributed by atoms with van der Waals surface area (Å²) in [5.41, 5.74) is 3.24. The topological polar surface area (TPSA) is 95.2 Å². The fourth-order valence-electron chi connectivity index (χ4n) is 2.68. The minimum Gasteiger partial charge on any atom is -0.352 e. The van der Waals surface area contributed by atoms with E-state index >= 15 is 0 Å². The van der Waals surface area contributed by atoms with Crippen LogP contribution < -0.4 is 10.9 Å². The van der Waals surface area contributed by atoms with Crippen LogP contribution in [0.2, 0.25) is 0 Å². The molecule has 0 spiro atoms. The molecule has 7 nitrogen and oxygen atoms in total. The molecule has 3 rings (SSSR count). The Balaban J connectivity index is 1.67. The van der Waals surface area contributed by atoms with Gasteiger partial charge in [-0.25, -0.2) is 4.98 Å². The highest BCUT2D eigenvalue weighted by molar-refractivity contribution is 7.07. The summed E-state index contributed by atoms with van der Waals surface area (Å²) in [7, 11) is 1.62. The zero-order chi connectivity index (χ0) is 19.9. The Morgan fingerprint density at radius 1 is 1.25 bits per heavy atom. The Morgan fingerprint density at radius 3 is 2.75 bits per heavy atom. The van der Waals surface area contributed by atoms with E-state index in [2.05, 4.69) is 15.3 Å². The smallest absolute Gasteiger partial charge is 0.260 e. The number of hydrogen-bond donors (Lipinski definition) is 2. The van der Waals surface area contributed by atoms with Crippen molar-refractivity contribution in [2.24, 2.45) is 0 Å². The number of aromatic amines is 1. The van der Waals surface area contributed by atoms with Crippen LogP contribution >= 0.6 is 11.3 Å². The average molecular weight is 396 g/mol. The van der Waals surface area contributed by atoms with E-state index in [4.69, 9.17) is 0 Å². The molecule has 0 saturated carbocycles. The van der Waals surface area contributed by atoms with Crippen LogP contribution in [0.15, 0.2) is 58.3 Å². The van der Waals surface area contributed by atoms with Crippen molar-refractivity contribution in [2.45, 2.75) is 13.0 Å². The summed E-state index contributed by atoms with van der Waals surface area (Å²) in [5, 5.41) is 4.69. The highest BCUT2D eigenvalue weighted by Crippen LogP contribution is 2.07. The maximum atomic E-state index is 12.7. The largest absolute Gasteiger partial charge is 0.352 e. The summed E-state index contributed by atoms with van der Waals surface area (Å²) in [4.78, 5) is 45.2. The third kappa shape index (κ3) is 4.92. The molecule has 0 radical (unpaired) electrons. The molecule has 28 heavy (non-hydrogen) atoms. The number of H-pyrrole nitrogens is 1. The molecule has 0 saturated heterocycles. The van der Waals surface area contributed by atoms with Gasteiger partial charge < -0.3 is 15.2 Å². The highest BCUT2D eigenvalue weighted by Gasteiger charge is 2.18. The van der Waals surface area contributed by atoms with Gasteiger partial charge in [-0.1, -0.05) is 30.3 Å². The third-order valence-corrected chi connectivity index (χ3v) is 4.79. The minimum absolute atomic E-state index is 0.0643. The van der Waals surface area contributed by atoms with Gasteiger partial charge in [0.1, 0.15) is 5.56 Å². The lowest BCUT2D eigenvalue weighted by Gasteiger charge is -2.17. The second-order valence-electron chi connectivity index (χ2n) is 6.26. The van der Waals surface area contributed by atoms with Gasteiger partial charge in [0.05, 0.1) is 16.8 Å². The molecule has 2 heterocycles. The zero-order valence-electron chi connectivity index (χ0n) is 15.3. The molecule has 0 aliphatic carbocycles. The van der Waals surface area contributed by atoms with Gasteiger partial charge in [0.25, 0.3) is 17.4 Å². The van der Waals surface area contributed by atoms with E-state index in [1.807, 2.05) is 35.7 Å². The van der Waals surface area contributed by atoms with E-state index in [0.717, 1.165) is 11.3 Å². The quantitative estimate of drug-likeness (QED) is 0.639. The second-order valence-corrected chi connectivity index (χ2v) is 6.98. The van der Waals surface area contributed by atoms with Crippen molar-refractivity contribution >= 4 is 23.2 Å². The SMILES string of the molecule is CN(Cc1ccccc1)C(=O)c1cc(C(=O)NCCc2cscn2)c[nH]c1=O. The minimum atomic E-state index is -0.524. The number of nitrogens with one attached hydrogen (secondary N) is 2. The molecule has 1 aromatic carbocycles. The third-order valence-electron chi connectivity index (χ3n) is 4.16. The fourth-order valence-corrected chi connectivity index (χ4v) is 3.27. The Kier molecular flexibility index (Phi) is 6.33. The molecular weight excluding hydrogens is 376 g/mol. The molecule has 3 aromatic rings. The number of benzene rings is 1. The molecule has 0 fully saturated rings. The number of nitrogens with zero attached hydrogens (tertiary/aromatic N) is 2. The molecular formula is C20H20N4O3S. The molecule has 2 N–H and O–H groups in total. The monoisotopic (exact) mass is 396 g/mol. The molecule has 2 aromatic heterocycles. The Bertz CT molecular complexity index is 1000. The number of amides is 2. The van der Waals surface area contributed by atoms with Crippen LogP contribution in [0.25, 0.3) is 0 Å². The first-order chi connectivity index (χ1) is 13.5. The number of pyridine rings is 1. The van der Waals surface area contributed by atoms with E-state index in [1.54, 1.807) is 12.6 Å². The number of carbonyl (C=O) groups is 2. The molecule has 144 valence electrons. The summed E-state index contributed by atoms with van der Waals surface area (Å²) in [6.45, 7) is 0.780. The lowest BCUT2D eigenvalue weighted by molar-refractivity contribution is 0.0783. The molecule has 0 unspecified atom stereocenters. The zero-order valence-corrected chi connectivity index (χ0v) is 16.2. The van der Waals surface area contributed by atoms with E-state index in [9.17, 15) is 14.4 Å². The van der Waals surface area contributed by atoms with Gasteiger partial charge in [0, 0.05) is 38.1 Å². The summed E-state index contributed by atoms with van der Waals surface area (Å²) in [5.74, 6) is -0.798. The molecule has 2 amide bonds. The van der Waals surface area contributed by atoms with Crippen molar-refractivity contribution in [3.8, 4) is 0 Å². The second kappa shape index (κ2) is 9.09. The standard InChI is InChI=1S/C20H20N4O3S/c1-24(11-14-5-3-2-4-6-14)20(27)17-9-15(10-22-19(17)26)18(25)21-8-7-16-12-28-13-23-16/h2-6,9-10,12-13H,7-8,11H2,1H3,(H,21,25)(H,22,26). The number of aromatic nitrogens is 2. The normalized spacial score (nSPS) is 10.5. The lowest BCUT2D eigenvalue weighted by atomic mass is 10.1. The van der Waals surface area contributed by atoms with Crippen LogP contribution in [-0.4, -0.2) is 40.3 Å². The van der Waals surface area contributed by atoms with Crippen LogP contribution in [0.3, 0.4) is 0 Å². The maximum absolute atomic E-state index is 12.7. The van der Waals surface area contributed by atoms with E-state index in [1.165, 1.54) is 28.5 Å².